The Kier molecular flexibility index (Phi) is 4.58. The zero-order chi connectivity index (χ0) is 19.1. The van der Waals surface area contributed by atoms with Crippen LogP contribution in [-0.4, -0.2) is 15.9 Å². The second kappa shape index (κ2) is 7.11. The molecule has 0 saturated heterocycles. The summed E-state index contributed by atoms with van der Waals surface area (Å²) < 4.78 is 0. The first kappa shape index (κ1) is 18.0. The molecule has 4 saturated carbocycles. The van der Waals surface area contributed by atoms with Crippen LogP contribution in [0.1, 0.15) is 50.5 Å². The summed E-state index contributed by atoms with van der Waals surface area (Å²) in [7, 11) is 0. The molecule has 2 aromatic heterocycles. The van der Waals surface area contributed by atoms with Crippen molar-refractivity contribution in [2.24, 2.45) is 23.2 Å². The van der Waals surface area contributed by atoms with Gasteiger partial charge >= 0.3 is 0 Å². The van der Waals surface area contributed by atoms with E-state index in [1.807, 2.05) is 23.6 Å². The first-order chi connectivity index (χ1) is 13.6. The van der Waals surface area contributed by atoms with Crippen molar-refractivity contribution < 1.29 is 4.79 Å². The summed E-state index contributed by atoms with van der Waals surface area (Å²) >= 11 is 1.59. The van der Waals surface area contributed by atoms with Crippen molar-refractivity contribution in [1.29, 1.82) is 0 Å². The van der Waals surface area contributed by atoms with Gasteiger partial charge in [0.05, 0.1) is 12.2 Å². The number of nitrogens with one attached hydrogen (secondary N) is 1. The monoisotopic (exact) mass is 393 g/mol. The van der Waals surface area contributed by atoms with Gasteiger partial charge in [0.25, 0.3) is 0 Å². The number of nitrogens with zero attached hydrogens (tertiary/aromatic N) is 2. The molecule has 4 aliphatic carbocycles. The van der Waals surface area contributed by atoms with Crippen LogP contribution in [0.5, 0.6) is 0 Å². The maximum atomic E-state index is 12.6. The molecule has 4 bridgehead atoms. The molecule has 6 rings (SSSR count). The van der Waals surface area contributed by atoms with Gasteiger partial charge in [0.15, 0.2) is 0 Å². The average Bonchev–Trinajstić information content (AvgIpc) is 3.15. The van der Waals surface area contributed by atoms with E-state index in [2.05, 4.69) is 22.2 Å². The normalized spacial score (nSPS) is 31.2. The summed E-state index contributed by atoms with van der Waals surface area (Å²) in [5.41, 5.74) is 3.61. The lowest BCUT2D eigenvalue weighted by molar-refractivity contribution is -0.116. The van der Waals surface area contributed by atoms with Crippen LogP contribution < -0.4 is 5.32 Å². The molecule has 4 fully saturated rings. The number of hydrogen-bond acceptors (Lipinski definition) is 4. The number of rotatable bonds is 5. The zero-order valence-electron chi connectivity index (χ0n) is 16.4. The van der Waals surface area contributed by atoms with E-state index in [1.54, 1.807) is 23.7 Å². The van der Waals surface area contributed by atoms with Crippen molar-refractivity contribution in [1.82, 2.24) is 15.3 Å². The Morgan fingerprint density at radius 3 is 2.46 bits per heavy atom. The summed E-state index contributed by atoms with van der Waals surface area (Å²) in [4.78, 5) is 21.3. The van der Waals surface area contributed by atoms with Crippen molar-refractivity contribution in [2.75, 3.05) is 0 Å². The van der Waals surface area contributed by atoms with Crippen molar-refractivity contribution in [3.05, 3.63) is 46.6 Å². The predicted molar refractivity (Wildman–Crippen MR) is 112 cm³/mol. The van der Waals surface area contributed by atoms with Gasteiger partial charge in [-0.15, -0.1) is 11.3 Å². The maximum absolute atomic E-state index is 12.6. The molecule has 0 aromatic carbocycles. The number of pyridine rings is 1. The molecular formula is C23H27N3OS. The van der Waals surface area contributed by atoms with Gasteiger partial charge in [-0.2, -0.15) is 0 Å². The molecular weight excluding hydrogens is 366 g/mol. The quantitative estimate of drug-likeness (QED) is 0.729. The average molecular weight is 394 g/mol. The van der Waals surface area contributed by atoms with Crippen LogP contribution in [0.2, 0.25) is 0 Å². The lowest BCUT2D eigenvalue weighted by atomic mass is 9.48. The molecule has 2 aromatic rings. The third kappa shape index (κ3) is 3.41. The highest BCUT2D eigenvalue weighted by Crippen LogP contribution is 2.62. The Morgan fingerprint density at radius 1 is 1.18 bits per heavy atom. The lowest BCUT2D eigenvalue weighted by Gasteiger charge is -2.57. The molecule has 0 unspecified atom stereocenters. The zero-order valence-corrected chi connectivity index (χ0v) is 17.2. The van der Waals surface area contributed by atoms with Crippen molar-refractivity contribution >= 4 is 17.2 Å². The molecule has 5 heteroatoms. The molecule has 1 amide bonds. The van der Waals surface area contributed by atoms with Crippen molar-refractivity contribution in [3.63, 3.8) is 0 Å². The molecule has 0 spiro atoms. The number of amides is 1. The maximum Gasteiger partial charge on any atom is 0.244 e. The minimum Gasteiger partial charge on any atom is -0.346 e. The van der Waals surface area contributed by atoms with Crippen LogP contribution in [-0.2, 0) is 11.3 Å². The second-order valence-electron chi connectivity index (χ2n) is 9.11. The van der Waals surface area contributed by atoms with Crippen LogP contribution >= 0.6 is 11.3 Å². The van der Waals surface area contributed by atoms with E-state index in [-0.39, 0.29) is 5.91 Å². The first-order valence-electron chi connectivity index (χ1n) is 10.4. The molecule has 0 atom stereocenters. The van der Waals surface area contributed by atoms with E-state index in [1.165, 1.54) is 44.1 Å². The smallest absolute Gasteiger partial charge is 0.244 e. The fraction of sp³-hybridized carbons (Fsp3) is 0.522. The minimum atomic E-state index is 0.0221. The molecule has 146 valence electrons. The number of carbonyl (C=O) groups excluding carboxylic acids is 1. The van der Waals surface area contributed by atoms with Crippen LogP contribution in [0.3, 0.4) is 0 Å². The molecule has 0 radical (unpaired) electrons. The third-order valence-electron chi connectivity index (χ3n) is 7.16. The Morgan fingerprint density at radius 2 is 1.82 bits per heavy atom. The molecule has 28 heavy (non-hydrogen) atoms. The number of allylic oxidation sites excluding steroid dienone is 1. The van der Waals surface area contributed by atoms with Crippen LogP contribution in [0.15, 0.2) is 41.6 Å². The topological polar surface area (TPSA) is 54.9 Å². The summed E-state index contributed by atoms with van der Waals surface area (Å²) in [6.07, 6.45) is 13.6. The van der Waals surface area contributed by atoms with E-state index < -0.39 is 0 Å². The van der Waals surface area contributed by atoms with Gasteiger partial charge in [-0.1, -0.05) is 5.57 Å². The van der Waals surface area contributed by atoms with Gasteiger partial charge in [0.2, 0.25) is 5.91 Å². The third-order valence-corrected chi connectivity index (χ3v) is 8.01. The highest BCUT2D eigenvalue weighted by Gasteiger charge is 2.51. The number of thiazole rings is 1. The first-order valence-corrected chi connectivity index (χ1v) is 11.3. The van der Waals surface area contributed by atoms with E-state index in [4.69, 9.17) is 0 Å². The fourth-order valence-electron chi connectivity index (χ4n) is 6.20. The number of hydrogen-bond donors (Lipinski definition) is 1. The standard InChI is InChI=1S/C23H27N3OS/c1-15(23-10-16-7-17(11-23)9-18(8-16)12-23)6-21(27)25-13-22-26-20(14-28-22)19-2-4-24-5-3-19/h2-6,14,16-18H,7-13H2,1H3,(H,25,27)/b15-6+. The largest absolute Gasteiger partial charge is 0.346 e. The molecule has 4 nitrogen and oxygen atoms in total. The predicted octanol–water partition coefficient (Wildman–Crippen LogP) is 4.98. The fourth-order valence-corrected chi connectivity index (χ4v) is 6.95. The van der Waals surface area contributed by atoms with Crippen LogP contribution in [0, 0.1) is 23.2 Å². The minimum absolute atomic E-state index is 0.0221. The van der Waals surface area contributed by atoms with Gasteiger partial charge < -0.3 is 5.32 Å². The Labute approximate surface area is 170 Å². The molecule has 1 N–H and O–H groups in total. The van der Waals surface area contributed by atoms with Crippen molar-refractivity contribution in [2.45, 2.75) is 52.0 Å². The van der Waals surface area contributed by atoms with E-state index in [9.17, 15) is 4.79 Å². The lowest BCUT2D eigenvalue weighted by Crippen LogP contribution is -2.46. The van der Waals surface area contributed by atoms with Gasteiger partial charge in [0.1, 0.15) is 5.01 Å². The second-order valence-corrected chi connectivity index (χ2v) is 10.0. The summed E-state index contributed by atoms with van der Waals surface area (Å²) in [5.74, 6) is 2.73. The van der Waals surface area contributed by atoms with Gasteiger partial charge in [-0.05, 0) is 80.8 Å². The summed E-state index contributed by atoms with van der Waals surface area (Å²) in [5, 5.41) is 6.01. The van der Waals surface area contributed by atoms with E-state index >= 15 is 0 Å². The van der Waals surface area contributed by atoms with E-state index in [0.29, 0.717) is 12.0 Å². The van der Waals surface area contributed by atoms with Crippen LogP contribution in [0.4, 0.5) is 0 Å². The van der Waals surface area contributed by atoms with Crippen LogP contribution in [0.25, 0.3) is 11.3 Å². The SMILES string of the molecule is C/C(=C\C(=O)NCc1nc(-c2ccncc2)cs1)C12CC3CC(CC(C3)C1)C2. The summed E-state index contributed by atoms with van der Waals surface area (Å²) in [6.45, 7) is 2.68. The van der Waals surface area contributed by atoms with Crippen molar-refractivity contribution in [3.8, 4) is 11.3 Å². The molecule has 4 aliphatic rings. The van der Waals surface area contributed by atoms with Gasteiger partial charge in [-0.25, -0.2) is 4.98 Å². The number of aromatic nitrogens is 2. The Bertz CT molecular complexity index is 866. The Balaban J connectivity index is 1.22. The molecule has 0 aliphatic heterocycles. The molecule has 2 heterocycles. The van der Waals surface area contributed by atoms with Gasteiger partial charge in [0, 0.05) is 29.4 Å². The Hall–Kier alpha value is -2.01. The summed E-state index contributed by atoms with van der Waals surface area (Å²) in [6, 6.07) is 3.91. The number of carbonyl (C=O) groups is 1. The van der Waals surface area contributed by atoms with Gasteiger partial charge in [-0.3, -0.25) is 9.78 Å². The highest BCUT2D eigenvalue weighted by atomic mass is 32.1. The highest BCUT2D eigenvalue weighted by molar-refractivity contribution is 7.09. The van der Waals surface area contributed by atoms with E-state index in [0.717, 1.165) is 34.0 Å².